The first-order chi connectivity index (χ1) is 8.29. The highest BCUT2D eigenvalue weighted by molar-refractivity contribution is 6.03. The van der Waals surface area contributed by atoms with Crippen LogP contribution in [0.2, 0.25) is 0 Å². The van der Waals surface area contributed by atoms with Gasteiger partial charge in [-0.2, -0.15) is 0 Å². The highest BCUT2D eigenvalue weighted by Crippen LogP contribution is 2.06. The predicted molar refractivity (Wildman–Crippen MR) is 71.6 cm³/mol. The summed E-state index contributed by atoms with van der Waals surface area (Å²) in [6.07, 6.45) is 4.56. The van der Waals surface area contributed by atoms with E-state index in [4.69, 9.17) is 5.73 Å². The predicted octanol–water partition coefficient (Wildman–Crippen LogP) is 1.61. The molecule has 1 heterocycles. The molecule has 3 N–H and O–H groups in total. The van der Waals surface area contributed by atoms with Crippen LogP contribution in [0.15, 0.2) is 42.9 Å². The monoisotopic (exact) mass is 264 g/mol. The van der Waals surface area contributed by atoms with Crippen molar-refractivity contribution in [1.29, 1.82) is 0 Å². The first kappa shape index (κ1) is 14.1. The Morgan fingerprint density at radius 2 is 1.94 bits per heavy atom. The Balaban J connectivity index is 0.00000162. The van der Waals surface area contributed by atoms with Gasteiger partial charge in [0.05, 0.1) is 6.20 Å². The Hall–Kier alpha value is -1.98. The second-order valence-electron chi connectivity index (χ2n) is 3.45. The van der Waals surface area contributed by atoms with Gasteiger partial charge in [-0.15, -0.1) is 12.4 Å². The lowest BCUT2D eigenvalue weighted by Crippen LogP contribution is -2.13. The van der Waals surface area contributed by atoms with Crippen LogP contribution in [0.1, 0.15) is 15.9 Å². The summed E-state index contributed by atoms with van der Waals surface area (Å²) in [6, 6.07) is 7.11. The lowest BCUT2D eigenvalue weighted by atomic mass is 10.1. The second-order valence-corrected chi connectivity index (χ2v) is 3.45. The van der Waals surface area contributed by atoms with Crippen molar-refractivity contribution >= 4 is 24.1 Å². The fourth-order valence-electron chi connectivity index (χ4n) is 1.34. The van der Waals surface area contributed by atoms with E-state index in [0.717, 1.165) is 5.56 Å². The molecule has 0 atom stereocenters. The van der Waals surface area contributed by atoms with Gasteiger partial charge in [-0.05, 0) is 17.7 Å². The molecule has 2 rings (SSSR count). The SMILES string of the molecule is Cl.NCc1ccc(C(=O)Nc2cnccn2)cc1. The Morgan fingerprint density at radius 3 is 2.50 bits per heavy atom. The number of carbonyl (C=O) groups is 1. The van der Waals surface area contributed by atoms with Gasteiger partial charge in [0, 0.05) is 24.5 Å². The Bertz CT molecular complexity index is 501. The molecule has 0 radical (unpaired) electrons. The quantitative estimate of drug-likeness (QED) is 0.883. The molecule has 2 aromatic rings. The Morgan fingerprint density at radius 1 is 1.22 bits per heavy atom. The summed E-state index contributed by atoms with van der Waals surface area (Å²) in [5, 5.41) is 2.65. The topological polar surface area (TPSA) is 80.9 Å². The van der Waals surface area contributed by atoms with Crippen molar-refractivity contribution in [2.45, 2.75) is 6.54 Å². The number of benzene rings is 1. The van der Waals surface area contributed by atoms with Crippen molar-refractivity contribution in [2.24, 2.45) is 5.73 Å². The van der Waals surface area contributed by atoms with Gasteiger partial charge in [0.1, 0.15) is 0 Å². The van der Waals surface area contributed by atoms with E-state index in [1.54, 1.807) is 18.3 Å². The molecule has 0 fully saturated rings. The van der Waals surface area contributed by atoms with Crippen LogP contribution in [0.4, 0.5) is 5.82 Å². The number of nitrogens with zero attached hydrogens (tertiary/aromatic N) is 2. The average molecular weight is 265 g/mol. The van der Waals surface area contributed by atoms with Crippen molar-refractivity contribution in [1.82, 2.24) is 9.97 Å². The Kier molecular flexibility index (Phi) is 5.23. The number of aromatic nitrogens is 2. The van der Waals surface area contributed by atoms with Gasteiger partial charge in [0.2, 0.25) is 0 Å². The minimum Gasteiger partial charge on any atom is -0.326 e. The molecule has 0 saturated carbocycles. The largest absolute Gasteiger partial charge is 0.326 e. The van der Waals surface area contributed by atoms with E-state index >= 15 is 0 Å². The number of nitrogens with two attached hydrogens (primary N) is 1. The number of hydrogen-bond donors (Lipinski definition) is 2. The fraction of sp³-hybridized carbons (Fsp3) is 0.0833. The van der Waals surface area contributed by atoms with E-state index in [1.807, 2.05) is 12.1 Å². The summed E-state index contributed by atoms with van der Waals surface area (Å²) in [5.74, 6) is 0.217. The lowest BCUT2D eigenvalue weighted by Gasteiger charge is -2.04. The van der Waals surface area contributed by atoms with E-state index in [2.05, 4.69) is 15.3 Å². The molecule has 0 aliphatic carbocycles. The maximum atomic E-state index is 11.8. The Labute approximate surface area is 111 Å². The van der Waals surface area contributed by atoms with Gasteiger partial charge < -0.3 is 11.1 Å². The molecule has 6 heteroatoms. The highest BCUT2D eigenvalue weighted by atomic mass is 35.5. The molecule has 94 valence electrons. The van der Waals surface area contributed by atoms with Crippen molar-refractivity contribution in [3.63, 3.8) is 0 Å². The maximum Gasteiger partial charge on any atom is 0.256 e. The molecule has 0 unspecified atom stereocenters. The van der Waals surface area contributed by atoms with Crippen LogP contribution in [-0.4, -0.2) is 15.9 Å². The number of hydrogen-bond acceptors (Lipinski definition) is 4. The highest BCUT2D eigenvalue weighted by Gasteiger charge is 2.06. The first-order valence-corrected chi connectivity index (χ1v) is 5.16. The van der Waals surface area contributed by atoms with Crippen molar-refractivity contribution < 1.29 is 4.79 Å². The number of nitrogens with one attached hydrogen (secondary N) is 1. The number of halogens is 1. The van der Waals surface area contributed by atoms with Crippen LogP contribution < -0.4 is 11.1 Å². The molecular formula is C12H13ClN4O. The first-order valence-electron chi connectivity index (χ1n) is 5.16. The smallest absolute Gasteiger partial charge is 0.256 e. The normalized spacial score (nSPS) is 9.39. The van der Waals surface area contributed by atoms with Gasteiger partial charge in [-0.3, -0.25) is 9.78 Å². The van der Waals surface area contributed by atoms with Crippen molar-refractivity contribution in [3.8, 4) is 0 Å². The lowest BCUT2D eigenvalue weighted by molar-refractivity contribution is 0.102. The van der Waals surface area contributed by atoms with Crippen LogP contribution in [0.3, 0.4) is 0 Å². The minimum atomic E-state index is -0.214. The van der Waals surface area contributed by atoms with Crippen LogP contribution in [-0.2, 0) is 6.54 Å². The van der Waals surface area contributed by atoms with E-state index in [-0.39, 0.29) is 18.3 Å². The maximum absolute atomic E-state index is 11.8. The second kappa shape index (κ2) is 6.68. The van der Waals surface area contributed by atoms with Crippen LogP contribution >= 0.6 is 12.4 Å². The zero-order valence-electron chi connectivity index (χ0n) is 9.54. The fourth-order valence-corrected chi connectivity index (χ4v) is 1.34. The number of carbonyl (C=O) groups excluding carboxylic acids is 1. The summed E-state index contributed by atoms with van der Waals surface area (Å²) < 4.78 is 0. The molecule has 1 aromatic carbocycles. The van der Waals surface area contributed by atoms with Gasteiger partial charge in [0.25, 0.3) is 5.91 Å². The summed E-state index contributed by atoms with van der Waals surface area (Å²) in [4.78, 5) is 19.6. The zero-order valence-corrected chi connectivity index (χ0v) is 10.4. The number of rotatable bonds is 3. The van der Waals surface area contributed by atoms with E-state index in [1.165, 1.54) is 12.4 Å². The van der Waals surface area contributed by atoms with E-state index in [9.17, 15) is 4.79 Å². The average Bonchev–Trinajstić information content (AvgIpc) is 2.40. The molecule has 0 bridgehead atoms. The van der Waals surface area contributed by atoms with Crippen LogP contribution in [0.25, 0.3) is 0 Å². The molecule has 0 aliphatic rings. The van der Waals surface area contributed by atoms with Gasteiger partial charge in [-0.1, -0.05) is 12.1 Å². The zero-order chi connectivity index (χ0) is 12.1. The number of anilines is 1. The van der Waals surface area contributed by atoms with E-state index < -0.39 is 0 Å². The molecule has 1 aromatic heterocycles. The standard InChI is InChI=1S/C12H12N4O.ClH/c13-7-9-1-3-10(4-2-9)12(17)16-11-8-14-5-6-15-11;/h1-6,8H,7,13H2,(H,15,16,17);1H. The molecule has 0 aliphatic heterocycles. The molecule has 5 nitrogen and oxygen atoms in total. The molecular weight excluding hydrogens is 252 g/mol. The molecule has 0 spiro atoms. The molecule has 0 saturated heterocycles. The minimum absolute atomic E-state index is 0. The molecule has 18 heavy (non-hydrogen) atoms. The van der Waals surface area contributed by atoms with Crippen LogP contribution in [0.5, 0.6) is 0 Å². The summed E-state index contributed by atoms with van der Waals surface area (Å²) in [5.41, 5.74) is 7.03. The van der Waals surface area contributed by atoms with Gasteiger partial charge in [0.15, 0.2) is 5.82 Å². The van der Waals surface area contributed by atoms with Gasteiger partial charge in [-0.25, -0.2) is 4.98 Å². The van der Waals surface area contributed by atoms with Crippen molar-refractivity contribution in [3.05, 3.63) is 54.0 Å². The van der Waals surface area contributed by atoms with Crippen molar-refractivity contribution in [2.75, 3.05) is 5.32 Å². The van der Waals surface area contributed by atoms with Crippen LogP contribution in [0, 0.1) is 0 Å². The van der Waals surface area contributed by atoms with Gasteiger partial charge >= 0.3 is 0 Å². The summed E-state index contributed by atoms with van der Waals surface area (Å²) in [7, 11) is 0. The summed E-state index contributed by atoms with van der Waals surface area (Å²) in [6.45, 7) is 0.464. The third-order valence-electron chi connectivity index (χ3n) is 2.26. The third kappa shape index (κ3) is 3.51. The summed E-state index contributed by atoms with van der Waals surface area (Å²) >= 11 is 0. The molecule has 1 amide bonds. The third-order valence-corrected chi connectivity index (χ3v) is 2.26. The number of amides is 1. The van der Waals surface area contributed by atoms with E-state index in [0.29, 0.717) is 17.9 Å².